The Morgan fingerprint density at radius 2 is 1.75 bits per heavy atom. The third-order valence-corrected chi connectivity index (χ3v) is 4.37. The number of anilines is 1. The number of amides is 2. The van der Waals surface area contributed by atoms with Crippen LogP contribution >= 0.6 is 0 Å². The van der Waals surface area contributed by atoms with Gasteiger partial charge in [-0.15, -0.1) is 0 Å². The van der Waals surface area contributed by atoms with Gasteiger partial charge in [0.05, 0.1) is 18.8 Å². The minimum absolute atomic E-state index is 0.100. The second kappa shape index (κ2) is 8.73. The minimum Gasteiger partial charge on any atom is -0.490 e. The zero-order chi connectivity index (χ0) is 20.1. The number of hydrogen-bond donors (Lipinski definition) is 2. The molecule has 2 N–H and O–H groups in total. The van der Waals surface area contributed by atoms with Gasteiger partial charge in [-0.3, -0.25) is 9.59 Å². The molecule has 6 nitrogen and oxygen atoms in total. The molecule has 148 valence electrons. The average molecular weight is 386 g/mol. The number of carbonyl (C=O) groups excluding carboxylic acids is 2. The molecule has 0 radical (unpaired) electrons. The first kappa shape index (κ1) is 19.7. The van der Waals surface area contributed by atoms with Crippen LogP contribution in [0.4, 0.5) is 10.1 Å². The van der Waals surface area contributed by atoms with Gasteiger partial charge in [-0.05, 0) is 30.2 Å². The van der Waals surface area contributed by atoms with Gasteiger partial charge in [-0.2, -0.15) is 0 Å². The molecule has 0 saturated carbocycles. The molecule has 2 aromatic rings. The normalized spacial score (nSPS) is 14.1. The Morgan fingerprint density at radius 3 is 2.46 bits per heavy atom. The van der Waals surface area contributed by atoms with Crippen molar-refractivity contribution >= 4 is 17.5 Å². The van der Waals surface area contributed by atoms with E-state index in [9.17, 15) is 14.0 Å². The lowest BCUT2D eigenvalue weighted by Gasteiger charge is -2.22. The smallest absolute Gasteiger partial charge is 0.254 e. The van der Waals surface area contributed by atoms with Crippen LogP contribution in [-0.2, 0) is 4.79 Å². The van der Waals surface area contributed by atoms with Crippen LogP contribution in [0.25, 0.3) is 0 Å². The number of fused-ring (bicyclic) bond motifs is 1. The first-order valence-corrected chi connectivity index (χ1v) is 9.21. The maximum atomic E-state index is 13.8. The first-order chi connectivity index (χ1) is 13.5. The number of carbonyl (C=O) groups is 2. The van der Waals surface area contributed by atoms with E-state index in [0.717, 1.165) is 6.42 Å². The molecule has 0 bridgehead atoms. The van der Waals surface area contributed by atoms with Crippen molar-refractivity contribution in [2.24, 2.45) is 5.92 Å². The van der Waals surface area contributed by atoms with Crippen molar-refractivity contribution < 1.29 is 23.5 Å². The van der Waals surface area contributed by atoms with Gasteiger partial charge in [0.25, 0.3) is 5.91 Å². The zero-order valence-corrected chi connectivity index (χ0v) is 15.8. The molecule has 0 spiro atoms. The first-order valence-electron chi connectivity index (χ1n) is 9.21. The van der Waals surface area contributed by atoms with E-state index < -0.39 is 23.7 Å². The molecule has 1 aliphatic rings. The summed E-state index contributed by atoms with van der Waals surface area (Å²) < 4.78 is 25.0. The Hall–Kier alpha value is -3.09. The minimum atomic E-state index is -0.830. The van der Waals surface area contributed by atoms with Gasteiger partial charge in [0, 0.05) is 18.2 Å². The Morgan fingerprint density at radius 1 is 1.04 bits per heavy atom. The molecule has 0 aromatic heterocycles. The molecular weight excluding hydrogens is 363 g/mol. The fourth-order valence-electron chi connectivity index (χ4n) is 2.86. The summed E-state index contributed by atoms with van der Waals surface area (Å²) in [6, 6.07) is 9.96. The summed E-state index contributed by atoms with van der Waals surface area (Å²) in [6.45, 7) is 4.73. The summed E-state index contributed by atoms with van der Waals surface area (Å²) in [6.07, 6.45) is 0.786. The quantitative estimate of drug-likeness (QED) is 0.826. The second-order valence-electron chi connectivity index (χ2n) is 6.88. The molecule has 0 saturated heterocycles. The SMILES string of the molecule is CC(C)C(NC(=O)c1ccccc1F)C(=O)Nc1ccc2c(c1)OCCCO2. The highest BCUT2D eigenvalue weighted by molar-refractivity contribution is 6.01. The van der Waals surface area contributed by atoms with Crippen molar-refractivity contribution in [2.75, 3.05) is 18.5 Å². The van der Waals surface area contributed by atoms with Crippen LogP contribution in [0, 0.1) is 11.7 Å². The van der Waals surface area contributed by atoms with Crippen LogP contribution < -0.4 is 20.1 Å². The van der Waals surface area contributed by atoms with E-state index >= 15 is 0 Å². The van der Waals surface area contributed by atoms with Crippen molar-refractivity contribution in [3.63, 3.8) is 0 Å². The van der Waals surface area contributed by atoms with Crippen molar-refractivity contribution in [1.29, 1.82) is 0 Å². The van der Waals surface area contributed by atoms with Crippen molar-refractivity contribution in [3.8, 4) is 11.5 Å². The average Bonchev–Trinajstić information content (AvgIpc) is 2.91. The number of hydrogen-bond acceptors (Lipinski definition) is 4. The maximum Gasteiger partial charge on any atom is 0.254 e. The molecule has 3 rings (SSSR count). The van der Waals surface area contributed by atoms with E-state index in [1.165, 1.54) is 18.2 Å². The molecule has 1 unspecified atom stereocenters. The topological polar surface area (TPSA) is 76.7 Å². The third kappa shape index (κ3) is 4.60. The summed E-state index contributed by atoms with van der Waals surface area (Å²) in [4.78, 5) is 25.1. The molecule has 1 aliphatic heterocycles. The predicted octanol–water partition coefficient (Wildman–Crippen LogP) is 3.38. The van der Waals surface area contributed by atoms with Crippen molar-refractivity contribution in [1.82, 2.24) is 5.32 Å². The van der Waals surface area contributed by atoms with Gasteiger partial charge >= 0.3 is 0 Å². The highest BCUT2D eigenvalue weighted by atomic mass is 19.1. The molecule has 1 atom stereocenters. The summed E-state index contributed by atoms with van der Waals surface area (Å²) in [7, 11) is 0. The molecule has 0 aliphatic carbocycles. The van der Waals surface area contributed by atoms with Crippen LogP contribution in [0.5, 0.6) is 11.5 Å². The van der Waals surface area contributed by atoms with Gasteiger partial charge in [-0.1, -0.05) is 26.0 Å². The number of nitrogens with one attached hydrogen (secondary N) is 2. The number of ether oxygens (including phenoxy) is 2. The Bertz CT molecular complexity index is 869. The highest BCUT2D eigenvalue weighted by Crippen LogP contribution is 2.32. The molecule has 1 heterocycles. The zero-order valence-electron chi connectivity index (χ0n) is 15.8. The molecule has 28 heavy (non-hydrogen) atoms. The van der Waals surface area contributed by atoms with Gasteiger partial charge in [0.2, 0.25) is 5.91 Å². The Labute approximate surface area is 163 Å². The number of halogens is 1. The number of benzene rings is 2. The molecular formula is C21H23FN2O4. The number of rotatable bonds is 5. The molecule has 2 aromatic carbocycles. The summed E-state index contributed by atoms with van der Waals surface area (Å²) in [5.41, 5.74) is 0.427. The van der Waals surface area contributed by atoms with E-state index in [4.69, 9.17) is 9.47 Å². The van der Waals surface area contributed by atoms with Crippen LogP contribution in [0.2, 0.25) is 0 Å². The maximum absolute atomic E-state index is 13.8. The van der Waals surface area contributed by atoms with Gasteiger partial charge in [0.15, 0.2) is 11.5 Å². The molecule has 0 fully saturated rings. The van der Waals surface area contributed by atoms with Gasteiger partial charge in [-0.25, -0.2) is 4.39 Å². The van der Waals surface area contributed by atoms with Crippen LogP contribution in [-0.4, -0.2) is 31.1 Å². The van der Waals surface area contributed by atoms with E-state index in [-0.39, 0.29) is 11.5 Å². The summed E-state index contributed by atoms with van der Waals surface area (Å²) >= 11 is 0. The summed E-state index contributed by atoms with van der Waals surface area (Å²) in [5.74, 6) is -0.669. The van der Waals surface area contributed by atoms with E-state index in [1.54, 1.807) is 38.1 Å². The second-order valence-corrected chi connectivity index (χ2v) is 6.88. The highest BCUT2D eigenvalue weighted by Gasteiger charge is 2.26. The lowest BCUT2D eigenvalue weighted by Crippen LogP contribution is -2.47. The summed E-state index contributed by atoms with van der Waals surface area (Å²) in [5, 5.41) is 5.40. The lowest BCUT2D eigenvalue weighted by atomic mass is 10.0. The van der Waals surface area contributed by atoms with E-state index in [2.05, 4.69) is 10.6 Å². The lowest BCUT2D eigenvalue weighted by molar-refractivity contribution is -0.118. The largest absolute Gasteiger partial charge is 0.490 e. The molecule has 2 amide bonds. The van der Waals surface area contributed by atoms with Crippen molar-refractivity contribution in [3.05, 3.63) is 53.8 Å². The fourth-order valence-corrected chi connectivity index (χ4v) is 2.86. The van der Waals surface area contributed by atoms with Crippen LogP contribution in [0.3, 0.4) is 0 Å². The predicted molar refractivity (Wildman–Crippen MR) is 103 cm³/mol. The van der Waals surface area contributed by atoms with Crippen LogP contribution in [0.15, 0.2) is 42.5 Å². The third-order valence-electron chi connectivity index (χ3n) is 4.37. The Balaban J connectivity index is 1.72. The standard InChI is InChI=1S/C21H23FN2O4/c1-13(2)19(24-20(25)15-6-3-4-7-16(15)22)21(26)23-14-8-9-17-18(12-14)28-11-5-10-27-17/h3-4,6-9,12-13,19H,5,10-11H2,1-2H3,(H,23,26)(H,24,25). The van der Waals surface area contributed by atoms with Gasteiger partial charge < -0.3 is 20.1 Å². The molecule has 7 heteroatoms. The van der Waals surface area contributed by atoms with E-state index in [0.29, 0.717) is 30.4 Å². The van der Waals surface area contributed by atoms with Gasteiger partial charge in [0.1, 0.15) is 11.9 Å². The Kier molecular flexibility index (Phi) is 6.13. The van der Waals surface area contributed by atoms with Crippen molar-refractivity contribution in [2.45, 2.75) is 26.3 Å². The fraction of sp³-hybridized carbons (Fsp3) is 0.333. The van der Waals surface area contributed by atoms with Crippen LogP contribution in [0.1, 0.15) is 30.6 Å². The monoisotopic (exact) mass is 386 g/mol. The van der Waals surface area contributed by atoms with E-state index in [1.807, 2.05) is 0 Å².